The largest absolute Gasteiger partial charge is 0.497 e. The van der Waals surface area contributed by atoms with Crippen LogP contribution in [0.4, 0.5) is 0 Å². The zero-order valence-corrected chi connectivity index (χ0v) is 21.5. The molecule has 2 amide bonds. The minimum Gasteiger partial charge on any atom is -0.497 e. The molecule has 2 aromatic heterocycles. The number of aromatic nitrogens is 2. The molecule has 0 saturated heterocycles. The van der Waals surface area contributed by atoms with Gasteiger partial charge in [-0.3, -0.25) is 14.6 Å². The molecule has 1 aliphatic carbocycles. The number of methoxy groups -OCH3 is 1. The summed E-state index contributed by atoms with van der Waals surface area (Å²) in [5, 5.41) is 3.22. The smallest absolute Gasteiger partial charge is 0.271 e. The number of pyridine rings is 1. The molecule has 1 saturated carbocycles. The van der Waals surface area contributed by atoms with Gasteiger partial charge in [0.1, 0.15) is 17.5 Å². The summed E-state index contributed by atoms with van der Waals surface area (Å²) in [6, 6.07) is 24.0. The molecule has 4 aromatic rings. The Hall–Kier alpha value is -4.39. The van der Waals surface area contributed by atoms with Crippen LogP contribution < -0.4 is 10.1 Å². The molecule has 0 radical (unpaired) electrons. The van der Waals surface area contributed by atoms with Crippen LogP contribution in [-0.4, -0.2) is 39.8 Å². The SMILES string of the molecule is COc1ccc(CN(C(=O)c2ccc(-c3ccccc3)[nH]2)C(C(=O)NC2CCCC2)c2ccncc2)cc1. The highest BCUT2D eigenvalue weighted by Crippen LogP contribution is 2.28. The fraction of sp³-hybridized carbons (Fsp3) is 0.258. The van der Waals surface area contributed by atoms with Crippen LogP contribution >= 0.6 is 0 Å². The van der Waals surface area contributed by atoms with Gasteiger partial charge in [0.05, 0.1) is 7.11 Å². The van der Waals surface area contributed by atoms with E-state index in [2.05, 4.69) is 15.3 Å². The van der Waals surface area contributed by atoms with Crippen molar-refractivity contribution in [1.82, 2.24) is 20.2 Å². The second kappa shape index (κ2) is 11.8. The molecule has 2 N–H and O–H groups in total. The zero-order chi connectivity index (χ0) is 26.3. The van der Waals surface area contributed by atoms with Gasteiger partial charge in [-0.25, -0.2) is 0 Å². The molecule has 1 atom stereocenters. The molecular weight excluding hydrogens is 476 g/mol. The molecule has 2 aromatic carbocycles. The molecular formula is C31H32N4O3. The highest BCUT2D eigenvalue weighted by atomic mass is 16.5. The number of aromatic amines is 1. The first-order chi connectivity index (χ1) is 18.6. The molecule has 7 heteroatoms. The second-order valence-electron chi connectivity index (χ2n) is 9.61. The van der Waals surface area contributed by atoms with Gasteiger partial charge < -0.3 is 19.9 Å². The number of nitrogens with zero attached hydrogens (tertiary/aromatic N) is 2. The summed E-state index contributed by atoms with van der Waals surface area (Å²) in [5.74, 6) is 0.291. The first kappa shape index (κ1) is 25.3. The molecule has 194 valence electrons. The van der Waals surface area contributed by atoms with E-state index in [1.165, 1.54) is 0 Å². The van der Waals surface area contributed by atoms with Crippen molar-refractivity contribution in [3.8, 4) is 17.0 Å². The number of benzene rings is 2. The van der Waals surface area contributed by atoms with Gasteiger partial charge >= 0.3 is 0 Å². The molecule has 38 heavy (non-hydrogen) atoms. The van der Waals surface area contributed by atoms with E-state index in [1.807, 2.05) is 60.7 Å². The standard InChI is InChI=1S/C31H32N4O3/c1-38-26-13-11-22(12-14-26)21-35(31(37)28-16-15-27(34-28)23-7-3-2-4-8-23)29(24-17-19-32-20-18-24)30(36)33-25-9-5-6-10-25/h2-4,7-8,11-20,25,29,34H,5-6,9-10,21H2,1H3,(H,33,36). The van der Waals surface area contributed by atoms with Crippen molar-refractivity contribution < 1.29 is 14.3 Å². The quantitative estimate of drug-likeness (QED) is 0.311. The van der Waals surface area contributed by atoms with Crippen LogP contribution in [0.15, 0.2) is 91.3 Å². The van der Waals surface area contributed by atoms with Gasteiger partial charge in [0.25, 0.3) is 5.91 Å². The summed E-state index contributed by atoms with van der Waals surface area (Å²) in [5.41, 5.74) is 3.85. The summed E-state index contributed by atoms with van der Waals surface area (Å²) >= 11 is 0. The summed E-state index contributed by atoms with van der Waals surface area (Å²) in [7, 11) is 1.62. The van der Waals surface area contributed by atoms with Crippen LogP contribution in [0.5, 0.6) is 5.75 Å². The van der Waals surface area contributed by atoms with Crippen LogP contribution in [0, 0.1) is 0 Å². The summed E-state index contributed by atoms with van der Waals surface area (Å²) in [6.45, 7) is 0.244. The number of H-pyrrole nitrogens is 1. The molecule has 0 aliphatic heterocycles. The number of carbonyl (C=O) groups is 2. The Morgan fingerprint density at radius 2 is 1.68 bits per heavy atom. The minimum absolute atomic E-state index is 0.125. The van der Waals surface area contributed by atoms with Crippen LogP contribution in [0.25, 0.3) is 11.3 Å². The fourth-order valence-electron chi connectivity index (χ4n) is 5.04. The van der Waals surface area contributed by atoms with Gasteiger partial charge in [0, 0.05) is 30.7 Å². The molecule has 1 fully saturated rings. The Balaban J connectivity index is 1.52. The van der Waals surface area contributed by atoms with Crippen LogP contribution in [-0.2, 0) is 11.3 Å². The molecule has 5 rings (SSSR count). The average molecular weight is 509 g/mol. The van der Waals surface area contributed by atoms with Gasteiger partial charge in [-0.1, -0.05) is 55.3 Å². The maximum atomic E-state index is 14.1. The van der Waals surface area contributed by atoms with Gasteiger partial charge in [-0.15, -0.1) is 0 Å². The van der Waals surface area contributed by atoms with Gasteiger partial charge in [0.2, 0.25) is 5.91 Å². The van der Waals surface area contributed by atoms with Crippen molar-refractivity contribution in [2.24, 2.45) is 0 Å². The van der Waals surface area contributed by atoms with E-state index >= 15 is 0 Å². The number of hydrogen-bond donors (Lipinski definition) is 2. The number of carbonyl (C=O) groups excluding carboxylic acids is 2. The molecule has 0 spiro atoms. The Morgan fingerprint density at radius 3 is 2.37 bits per heavy atom. The maximum absolute atomic E-state index is 14.1. The van der Waals surface area contributed by atoms with E-state index < -0.39 is 6.04 Å². The van der Waals surface area contributed by atoms with Crippen molar-refractivity contribution in [3.05, 3.63) is 108 Å². The van der Waals surface area contributed by atoms with Gasteiger partial charge in [0.15, 0.2) is 0 Å². The first-order valence-corrected chi connectivity index (χ1v) is 13.0. The average Bonchev–Trinajstić information content (AvgIpc) is 3.67. The lowest BCUT2D eigenvalue weighted by Gasteiger charge is -2.32. The predicted octanol–water partition coefficient (Wildman–Crippen LogP) is 5.53. The zero-order valence-electron chi connectivity index (χ0n) is 21.5. The maximum Gasteiger partial charge on any atom is 0.271 e. The molecule has 2 heterocycles. The fourth-order valence-corrected chi connectivity index (χ4v) is 5.04. The molecule has 1 aliphatic rings. The van der Waals surface area contributed by atoms with E-state index in [9.17, 15) is 9.59 Å². The minimum atomic E-state index is -0.823. The lowest BCUT2D eigenvalue weighted by molar-refractivity contribution is -0.126. The summed E-state index contributed by atoms with van der Waals surface area (Å²) < 4.78 is 5.31. The summed E-state index contributed by atoms with van der Waals surface area (Å²) in [6.07, 6.45) is 7.43. The number of amides is 2. The van der Waals surface area contributed by atoms with E-state index in [0.717, 1.165) is 48.3 Å². The topological polar surface area (TPSA) is 87.3 Å². The lowest BCUT2D eigenvalue weighted by Crippen LogP contribution is -2.46. The van der Waals surface area contributed by atoms with E-state index in [-0.39, 0.29) is 24.4 Å². The number of rotatable bonds is 9. The van der Waals surface area contributed by atoms with Crippen LogP contribution in [0.1, 0.15) is 53.3 Å². The van der Waals surface area contributed by atoms with Crippen molar-refractivity contribution in [1.29, 1.82) is 0 Å². The third-order valence-electron chi connectivity index (χ3n) is 7.06. The van der Waals surface area contributed by atoms with E-state index in [4.69, 9.17) is 4.74 Å². The Labute approximate surface area is 222 Å². The van der Waals surface area contributed by atoms with Crippen molar-refractivity contribution >= 4 is 11.8 Å². The molecule has 0 bridgehead atoms. The number of ether oxygens (including phenoxy) is 1. The number of hydrogen-bond acceptors (Lipinski definition) is 4. The molecule has 1 unspecified atom stereocenters. The second-order valence-corrected chi connectivity index (χ2v) is 9.61. The lowest BCUT2D eigenvalue weighted by atomic mass is 10.0. The van der Waals surface area contributed by atoms with E-state index in [1.54, 1.807) is 42.6 Å². The Bertz CT molecular complexity index is 1350. The Morgan fingerprint density at radius 1 is 0.974 bits per heavy atom. The number of nitrogens with one attached hydrogen (secondary N) is 2. The van der Waals surface area contributed by atoms with Crippen molar-refractivity contribution in [3.63, 3.8) is 0 Å². The van der Waals surface area contributed by atoms with Gasteiger partial charge in [-0.2, -0.15) is 0 Å². The first-order valence-electron chi connectivity index (χ1n) is 13.0. The van der Waals surface area contributed by atoms with Crippen molar-refractivity contribution in [2.45, 2.75) is 44.3 Å². The van der Waals surface area contributed by atoms with Crippen LogP contribution in [0.2, 0.25) is 0 Å². The third kappa shape index (κ3) is 5.78. The van der Waals surface area contributed by atoms with E-state index in [0.29, 0.717) is 11.3 Å². The molecule has 7 nitrogen and oxygen atoms in total. The Kier molecular flexibility index (Phi) is 7.83. The van der Waals surface area contributed by atoms with Crippen molar-refractivity contribution in [2.75, 3.05) is 7.11 Å². The van der Waals surface area contributed by atoms with Gasteiger partial charge in [-0.05, 0) is 65.9 Å². The summed E-state index contributed by atoms with van der Waals surface area (Å²) in [4.78, 5) is 37.0. The van der Waals surface area contributed by atoms with Crippen LogP contribution in [0.3, 0.4) is 0 Å². The normalized spacial score (nSPS) is 14.1. The highest BCUT2D eigenvalue weighted by molar-refractivity contribution is 5.97. The predicted molar refractivity (Wildman–Crippen MR) is 146 cm³/mol. The third-order valence-corrected chi connectivity index (χ3v) is 7.06. The monoisotopic (exact) mass is 508 g/mol. The highest BCUT2D eigenvalue weighted by Gasteiger charge is 2.34.